The normalized spacial score (nSPS) is 16.5. The van der Waals surface area contributed by atoms with E-state index in [1.807, 2.05) is 37.3 Å². The number of benzene rings is 3. The van der Waals surface area contributed by atoms with Gasteiger partial charge in [0, 0.05) is 18.0 Å². The quantitative estimate of drug-likeness (QED) is 0.199. The lowest BCUT2D eigenvalue weighted by molar-refractivity contribution is -0.132. The first kappa shape index (κ1) is 24.8. The molecule has 2 heterocycles. The zero-order valence-electron chi connectivity index (χ0n) is 21.0. The fourth-order valence-electron chi connectivity index (χ4n) is 4.62. The van der Waals surface area contributed by atoms with Crippen molar-refractivity contribution in [3.63, 3.8) is 0 Å². The number of aromatic nitrogens is 1. The minimum Gasteiger partial charge on any atom is -0.507 e. The number of nitrogens with zero attached hydrogens (tertiary/aromatic N) is 2. The molecule has 0 bridgehead atoms. The van der Waals surface area contributed by atoms with Crippen molar-refractivity contribution in [2.45, 2.75) is 19.6 Å². The fourth-order valence-corrected chi connectivity index (χ4v) is 4.62. The van der Waals surface area contributed by atoms with Crippen molar-refractivity contribution in [1.29, 1.82) is 0 Å². The number of amides is 1. The van der Waals surface area contributed by atoms with Crippen LogP contribution in [0.3, 0.4) is 0 Å². The van der Waals surface area contributed by atoms with E-state index in [0.717, 1.165) is 11.1 Å². The van der Waals surface area contributed by atoms with Gasteiger partial charge >= 0.3 is 0 Å². The predicted octanol–water partition coefficient (Wildman–Crippen LogP) is 5.60. The van der Waals surface area contributed by atoms with Gasteiger partial charge < -0.3 is 14.6 Å². The van der Waals surface area contributed by atoms with Crippen molar-refractivity contribution in [1.82, 2.24) is 4.98 Å². The van der Waals surface area contributed by atoms with Crippen LogP contribution in [0, 0.1) is 6.92 Å². The van der Waals surface area contributed by atoms with Gasteiger partial charge in [-0.2, -0.15) is 0 Å². The highest BCUT2D eigenvalue weighted by Crippen LogP contribution is 2.44. The topological polar surface area (TPSA) is 89.0 Å². The molecule has 1 aliphatic heterocycles. The maximum absolute atomic E-state index is 13.4. The lowest BCUT2D eigenvalue weighted by Gasteiger charge is -2.26. The Balaban J connectivity index is 1.56. The molecular weight excluding hydrogens is 480 g/mol. The third-order valence-corrected chi connectivity index (χ3v) is 6.50. The summed E-state index contributed by atoms with van der Waals surface area (Å²) in [4.78, 5) is 32.2. The predicted molar refractivity (Wildman–Crippen MR) is 144 cm³/mol. The average molecular weight is 507 g/mol. The van der Waals surface area contributed by atoms with E-state index in [1.165, 1.54) is 12.0 Å². The van der Waals surface area contributed by atoms with Crippen molar-refractivity contribution in [2.24, 2.45) is 0 Å². The molecule has 38 heavy (non-hydrogen) atoms. The lowest BCUT2D eigenvalue weighted by Crippen LogP contribution is -2.29. The Morgan fingerprint density at radius 2 is 1.63 bits per heavy atom. The SMILES string of the molecule is COc1ccccc1N1C(=O)C(=O)/C(=C(\O)c2ccc(OCc3ccccc3)c(C)c2)C1c1ccncc1. The smallest absolute Gasteiger partial charge is 0.300 e. The maximum atomic E-state index is 13.4. The molecule has 1 atom stereocenters. The van der Waals surface area contributed by atoms with Crippen LogP contribution < -0.4 is 14.4 Å². The number of rotatable bonds is 7. The number of aryl methyl sites for hydroxylation is 1. The second kappa shape index (κ2) is 10.6. The summed E-state index contributed by atoms with van der Waals surface area (Å²) < 4.78 is 11.4. The molecule has 0 aliphatic carbocycles. The monoisotopic (exact) mass is 506 g/mol. The molecule has 7 nitrogen and oxygen atoms in total. The number of methoxy groups -OCH3 is 1. The van der Waals surface area contributed by atoms with E-state index >= 15 is 0 Å². The third kappa shape index (κ3) is 4.62. The second-order valence-electron chi connectivity index (χ2n) is 8.88. The number of aliphatic hydroxyl groups excluding tert-OH is 1. The Kier molecular flexibility index (Phi) is 6.91. The van der Waals surface area contributed by atoms with Crippen LogP contribution in [0.5, 0.6) is 11.5 Å². The molecule has 0 radical (unpaired) electrons. The summed E-state index contributed by atoms with van der Waals surface area (Å²) in [5.74, 6) is -0.704. The summed E-state index contributed by atoms with van der Waals surface area (Å²) in [6.07, 6.45) is 3.17. The lowest BCUT2D eigenvalue weighted by atomic mass is 9.95. The minimum atomic E-state index is -0.872. The van der Waals surface area contributed by atoms with Gasteiger partial charge in [0.1, 0.15) is 23.9 Å². The molecule has 1 fully saturated rings. The van der Waals surface area contributed by atoms with Crippen molar-refractivity contribution < 1.29 is 24.2 Å². The van der Waals surface area contributed by atoms with E-state index in [9.17, 15) is 14.7 Å². The fraction of sp³-hybridized carbons (Fsp3) is 0.129. The zero-order valence-corrected chi connectivity index (χ0v) is 21.0. The van der Waals surface area contributed by atoms with Crippen molar-refractivity contribution in [3.05, 3.63) is 125 Å². The van der Waals surface area contributed by atoms with Gasteiger partial charge in [0.15, 0.2) is 0 Å². The zero-order chi connectivity index (χ0) is 26.6. The first-order valence-electron chi connectivity index (χ1n) is 12.1. The Morgan fingerprint density at radius 1 is 0.921 bits per heavy atom. The van der Waals surface area contributed by atoms with Gasteiger partial charge in [-0.05, 0) is 66.1 Å². The van der Waals surface area contributed by atoms with Gasteiger partial charge in [-0.1, -0.05) is 42.5 Å². The summed E-state index contributed by atoms with van der Waals surface area (Å²) in [5.41, 5.74) is 3.28. The number of aliphatic hydroxyl groups is 1. The molecule has 5 rings (SSSR count). The van der Waals surface area contributed by atoms with Crippen LogP contribution >= 0.6 is 0 Å². The highest BCUT2D eigenvalue weighted by atomic mass is 16.5. The molecule has 1 saturated heterocycles. The van der Waals surface area contributed by atoms with E-state index in [4.69, 9.17) is 9.47 Å². The standard InChI is InChI=1S/C31H26N2O5/c1-20-18-23(12-13-25(20)38-19-21-8-4-3-5-9-21)29(34)27-28(22-14-16-32-17-15-22)33(31(36)30(27)35)24-10-6-7-11-26(24)37-2/h3-18,28,34H,19H2,1-2H3/b29-27-. The van der Waals surface area contributed by atoms with E-state index in [0.29, 0.717) is 34.9 Å². The van der Waals surface area contributed by atoms with Crippen molar-refractivity contribution >= 4 is 23.1 Å². The average Bonchev–Trinajstić information content (AvgIpc) is 3.22. The molecule has 7 heteroatoms. The molecule has 1 N–H and O–H groups in total. The number of hydrogen-bond donors (Lipinski definition) is 1. The maximum Gasteiger partial charge on any atom is 0.300 e. The number of ketones is 1. The summed E-state index contributed by atoms with van der Waals surface area (Å²) >= 11 is 0. The Labute approximate surface area is 220 Å². The van der Waals surface area contributed by atoms with Gasteiger partial charge in [0.25, 0.3) is 11.7 Å². The number of hydrogen-bond acceptors (Lipinski definition) is 6. The van der Waals surface area contributed by atoms with Crippen LogP contribution in [0.1, 0.15) is 28.3 Å². The molecule has 4 aromatic rings. The number of para-hydroxylation sites is 2. The number of pyridine rings is 1. The van der Waals surface area contributed by atoms with E-state index in [2.05, 4.69) is 4.98 Å². The number of ether oxygens (including phenoxy) is 2. The Morgan fingerprint density at radius 3 is 2.34 bits per heavy atom. The van der Waals surface area contributed by atoms with E-state index < -0.39 is 17.7 Å². The van der Waals surface area contributed by atoms with Crippen molar-refractivity contribution in [2.75, 3.05) is 12.0 Å². The largest absolute Gasteiger partial charge is 0.507 e. The molecule has 1 unspecified atom stereocenters. The number of anilines is 1. The summed E-state index contributed by atoms with van der Waals surface area (Å²) in [7, 11) is 1.50. The van der Waals surface area contributed by atoms with E-state index in [1.54, 1.807) is 67.0 Å². The third-order valence-electron chi connectivity index (χ3n) is 6.50. The van der Waals surface area contributed by atoms with Gasteiger partial charge in [-0.15, -0.1) is 0 Å². The molecule has 190 valence electrons. The molecular formula is C31H26N2O5. The summed E-state index contributed by atoms with van der Waals surface area (Å²) in [6.45, 7) is 2.27. The molecule has 1 amide bonds. The highest BCUT2D eigenvalue weighted by molar-refractivity contribution is 6.51. The number of carbonyl (C=O) groups is 2. The van der Waals surface area contributed by atoms with Crippen molar-refractivity contribution in [3.8, 4) is 11.5 Å². The van der Waals surface area contributed by atoms with Crippen LogP contribution in [0.15, 0.2) is 103 Å². The Hall–Kier alpha value is -4.91. The van der Waals surface area contributed by atoms with Crippen LogP contribution in [0.2, 0.25) is 0 Å². The van der Waals surface area contributed by atoms with Crippen LogP contribution in [-0.2, 0) is 16.2 Å². The molecule has 1 aromatic heterocycles. The molecule has 0 saturated carbocycles. The molecule has 0 spiro atoms. The highest BCUT2D eigenvalue weighted by Gasteiger charge is 2.47. The first-order valence-corrected chi connectivity index (χ1v) is 12.1. The minimum absolute atomic E-state index is 0.00976. The van der Waals surface area contributed by atoms with Gasteiger partial charge in [0.05, 0.1) is 24.4 Å². The van der Waals surface area contributed by atoms with Crippen LogP contribution in [0.25, 0.3) is 5.76 Å². The number of carbonyl (C=O) groups excluding carboxylic acids is 2. The number of Topliss-reactive ketones (excluding diaryl/α,β-unsaturated/α-hetero) is 1. The summed E-state index contributed by atoms with van der Waals surface area (Å²) in [5, 5.41) is 11.4. The van der Waals surface area contributed by atoms with Crippen LogP contribution in [0.4, 0.5) is 5.69 Å². The molecule has 1 aliphatic rings. The van der Waals surface area contributed by atoms with Crippen LogP contribution in [-0.4, -0.2) is 28.9 Å². The first-order chi connectivity index (χ1) is 18.5. The second-order valence-corrected chi connectivity index (χ2v) is 8.88. The molecule has 3 aromatic carbocycles. The summed E-state index contributed by atoms with van der Waals surface area (Å²) in [6, 6.07) is 24.5. The van der Waals surface area contributed by atoms with E-state index in [-0.39, 0.29) is 11.3 Å². The van der Waals surface area contributed by atoms with Gasteiger partial charge in [-0.25, -0.2) is 0 Å². The van der Waals surface area contributed by atoms with Gasteiger partial charge in [-0.3, -0.25) is 19.5 Å². The van der Waals surface area contributed by atoms with Gasteiger partial charge in [0.2, 0.25) is 0 Å². The Bertz CT molecular complexity index is 1520.